The van der Waals surface area contributed by atoms with Gasteiger partial charge in [0.2, 0.25) is 27.6 Å². The van der Waals surface area contributed by atoms with E-state index in [0.717, 1.165) is 17.4 Å². The lowest BCUT2D eigenvalue weighted by Gasteiger charge is -2.24. The molecule has 0 saturated heterocycles. The maximum absolute atomic E-state index is 12.3. The van der Waals surface area contributed by atoms with Crippen LogP contribution in [-0.2, 0) is 21.4 Å². The first-order valence-corrected chi connectivity index (χ1v) is 12.3. The molecule has 3 aromatic rings. The molecular weight excluding hydrogens is 452 g/mol. The van der Waals surface area contributed by atoms with Crippen molar-refractivity contribution in [3.05, 3.63) is 64.5 Å². The second-order valence-corrected chi connectivity index (χ2v) is 9.74. The summed E-state index contributed by atoms with van der Waals surface area (Å²) < 4.78 is 31.0. The Morgan fingerprint density at radius 3 is 2.62 bits per heavy atom. The lowest BCUT2D eigenvalue weighted by molar-refractivity contribution is -0.121. The number of carbonyl (C=O) groups is 1. The molecular formula is C22H25ClN4O4S. The number of nitrogens with one attached hydrogen (secondary N) is 1. The van der Waals surface area contributed by atoms with Gasteiger partial charge in [0.25, 0.3) is 0 Å². The molecule has 0 bridgehead atoms. The van der Waals surface area contributed by atoms with E-state index in [1.54, 1.807) is 25.1 Å². The van der Waals surface area contributed by atoms with Crippen molar-refractivity contribution in [1.29, 1.82) is 0 Å². The zero-order valence-electron chi connectivity index (χ0n) is 18.1. The highest BCUT2D eigenvalue weighted by atomic mass is 35.5. The Kier molecular flexibility index (Phi) is 7.52. The van der Waals surface area contributed by atoms with Crippen LogP contribution in [0.3, 0.4) is 0 Å². The third-order valence-electron chi connectivity index (χ3n) is 4.96. The highest BCUT2D eigenvalue weighted by Crippen LogP contribution is 2.28. The van der Waals surface area contributed by atoms with Gasteiger partial charge in [-0.15, -0.1) is 0 Å². The molecule has 0 radical (unpaired) electrons. The molecule has 0 atom stereocenters. The van der Waals surface area contributed by atoms with Crippen molar-refractivity contribution in [1.82, 2.24) is 15.5 Å². The van der Waals surface area contributed by atoms with E-state index in [2.05, 4.69) is 15.5 Å². The third-order valence-corrected chi connectivity index (χ3v) is 6.55. The fraction of sp³-hybridized carbons (Fsp3) is 0.318. The number of aromatic nitrogens is 2. The Morgan fingerprint density at radius 1 is 1.16 bits per heavy atom. The molecule has 170 valence electrons. The van der Waals surface area contributed by atoms with E-state index in [9.17, 15) is 13.2 Å². The number of sulfonamides is 1. The highest BCUT2D eigenvalue weighted by molar-refractivity contribution is 7.92. The zero-order valence-corrected chi connectivity index (χ0v) is 19.7. The number of benzene rings is 2. The van der Waals surface area contributed by atoms with Crippen LogP contribution in [0.15, 0.2) is 47.0 Å². The van der Waals surface area contributed by atoms with Crippen LogP contribution in [0.2, 0.25) is 5.02 Å². The zero-order chi connectivity index (χ0) is 23.3. The molecule has 0 aliphatic heterocycles. The van der Waals surface area contributed by atoms with Crippen molar-refractivity contribution in [2.75, 3.05) is 17.1 Å². The normalized spacial score (nSPS) is 11.4. The Balaban J connectivity index is 1.54. The summed E-state index contributed by atoms with van der Waals surface area (Å²) in [6.07, 6.45) is 1.61. The summed E-state index contributed by atoms with van der Waals surface area (Å²) in [6.45, 7) is 3.97. The van der Waals surface area contributed by atoms with Crippen molar-refractivity contribution < 1.29 is 17.7 Å². The average molecular weight is 477 g/mol. The van der Waals surface area contributed by atoms with Crippen molar-refractivity contribution >= 4 is 33.2 Å². The van der Waals surface area contributed by atoms with E-state index in [4.69, 9.17) is 16.1 Å². The molecule has 1 amide bonds. The second-order valence-electron chi connectivity index (χ2n) is 7.43. The number of anilines is 1. The van der Waals surface area contributed by atoms with Crippen LogP contribution < -0.4 is 9.62 Å². The first-order chi connectivity index (χ1) is 15.2. The Bertz CT molecular complexity index is 1210. The maximum atomic E-state index is 12.3. The number of halogens is 1. The van der Waals surface area contributed by atoms with Gasteiger partial charge in [-0.25, -0.2) is 8.42 Å². The van der Waals surface area contributed by atoms with Crippen LogP contribution in [0.4, 0.5) is 5.69 Å². The van der Waals surface area contributed by atoms with E-state index in [0.29, 0.717) is 34.4 Å². The fourth-order valence-corrected chi connectivity index (χ4v) is 4.42. The molecule has 8 nitrogen and oxygen atoms in total. The topological polar surface area (TPSA) is 105 Å². The smallest absolute Gasteiger partial charge is 0.246 e. The summed E-state index contributed by atoms with van der Waals surface area (Å²) in [5.74, 6) is 0.522. The molecule has 0 aliphatic rings. The molecule has 10 heteroatoms. The van der Waals surface area contributed by atoms with Crippen LogP contribution in [-0.4, -0.2) is 37.3 Å². The van der Waals surface area contributed by atoms with Crippen molar-refractivity contribution in [3.63, 3.8) is 0 Å². The summed E-state index contributed by atoms with van der Waals surface area (Å²) in [5, 5.41) is 7.18. The number of rotatable bonds is 9. The minimum atomic E-state index is -3.53. The maximum Gasteiger partial charge on any atom is 0.246 e. The molecule has 0 saturated carbocycles. The van der Waals surface area contributed by atoms with E-state index >= 15 is 0 Å². The summed E-state index contributed by atoms with van der Waals surface area (Å²) in [5.41, 5.74) is 3.07. The number of hydrogen-bond donors (Lipinski definition) is 1. The molecule has 32 heavy (non-hydrogen) atoms. The minimum Gasteiger partial charge on any atom is -0.347 e. The summed E-state index contributed by atoms with van der Waals surface area (Å²) in [6, 6.07) is 12.8. The molecule has 3 rings (SSSR count). The molecule has 0 fully saturated rings. The van der Waals surface area contributed by atoms with Gasteiger partial charge in [-0.2, -0.15) is 4.98 Å². The predicted molar refractivity (Wildman–Crippen MR) is 124 cm³/mol. The first kappa shape index (κ1) is 23.7. The van der Waals surface area contributed by atoms with Crippen LogP contribution in [0, 0.1) is 13.8 Å². The summed E-state index contributed by atoms with van der Waals surface area (Å²) in [4.78, 5) is 16.6. The van der Waals surface area contributed by atoms with Gasteiger partial charge in [-0.3, -0.25) is 9.10 Å². The van der Waals surface area contributed by atoms with Crippen molar-refractivity contribution in [3.8, 4) is 11.4 Å². The average Bonchev–Trinajstić information content (AvgIpc) is 3.20. The van der Waals surface area contributed by atoms with Gasteiger partial charge in [0, 0.05) is 23.6 Å². The second kappa shape index (κ2) is 10.1. The van der Waals surface area contributed by atoms with Crippen LogP contribution >= 0.6 is 11.6 Å². The van der Waals surface area contributed by atoms with Crippen LogP contribution in [0.1, 0.15) is 29.9 Å². The SMILES string of the molecule is Cc1ccccc1-c1noc(CNC(=O)CCCN(c2cccc(Cl)c2C)S(C)(=O)=O)n1. The Labute approximate surface area is 192 Å². The Hall–Kier alpha value is -2.91. The molecule has 1 heterocycles. The van der Waals surface area contributed by atoms with E-state index in [-0.39, 0.29) is 25.4 Å². The summed E-state index contributed by atoms with van der Waals surface area (Å²) >= 11 is 6.14. The highest BCUT2D eigenvalue weighted by Gasteiger charge is 2.20. The quantitative estimate of drug-likeness (QED) is 0.502. The number of carbonyl (C=O) groups excluding carboxylic acids is 1. The van der Waals surface area contributed by atoms with Crippen molar-refractivity contribution in [2.24, 2.45) is 0 Å². The third kappa shape index (κ3) is 5.86. The number of amides is 1. The fourth-order valence-electron chi connectivity index (χ4n) is 3.24. The van der Waals surface area contributed by atoms with Gasteiger partial charge in [0.1, 0.15) is 0 Å². The van der Waals surface area contributed by atoms with E-state index < -0.39 is 10.0 Å². The number of aryl methyl sites for hydroxylation is 1. The largest absolute Gasteiger partial charge is 0.347 e. The molecule has 2 aromatic carbocycles. The molecule has 1 N–H and O–H groups in total. The predicted octanol–water partition coefficient (Wildman–Crippen LogP) is 3.87. The molecule has 0 unspecified atom stereocenters. The van der Waals surface area contributed by atoms with Gasteiger partial charge in [-0.05, 0) is 43.5 Å². The number of hydrogen-bond acceptors (Lipinski definition) is 6. The van der Waals surface area contributed by atoms with Crippen LogP contribution in [0.25, 0.3) is 11.4 Å². The molecule has 0 spiro atoms. The van der Waals surface area contributed by atoms with Gasteiger partial charge >= 0.3 is 0 Å². The van der Waals surface area contributed by atoms with Gasteiger partial charge < -0.3 is 9.84 Å². The van der Waals surface area contributed by atoms with Gasteiger partial charge in [0.05, 0.1) is 18.5 Å². The minimum absolute atomic E-state index is 0.0981. The lowest BCUT2D eigenvalue weighted by atomic mass is 10.1. The Morgan fingerprint density at radius 2 is 1.91 bits per heavy atom. The van der Waals surface area contributed by atoms with Crippen LogP contribution in [0.5, 0.6) is 0 Å². The molecule has 0 aliphatic carbocycles. The molecule has 1 aromatic heterocycles. The lowest BCUT2D eigenvalue weighted by Crippen LogP contribution is -2.32. The number of nitrogens with zero attached hydrogens (tertiary/aromatic N) is 3. The monoisotopic (exact) mass is 476 g/mol. The van der Waals surface area contributed by atoms with Gasteiger partial charge in [-0.1, -0.05) is 47.1 Å². The first-order valence-electron chi connectivity index (χ1n) is 10.0. The van der Waals surface area contributed by atoms with Gasteiger partial charge in [0.15, 0.2) is 0 Å². The van der Waals surface area contributed by atoms with Crippen molar-refractivity contribution in [2.45, 2.75) is 33.2 Å². The van der Waals surface area contributed by atoms with E-state index in [1.807, 2.05) is 31.2 Å². The standard InChI is InChI=1S/C22H25ClN4O4S/c1-15-8-4-5-9-17(15)22-25-21(31-26-22)14-24-20(28)12-7-13-27(32(3,29)30)19-11-6-10-18(23)16(19)2/h4-6,8-11H,7,12-14H2,1-3H3,(H,24,28). The summed E-state index contributed by atoms with van der Waals surface area (Å²) in [7, 11) is -3.53. The van der Waals surface area contributed by atoms with E-state index in [1.165, 1.54) is 4.31 Å².